The number of carbonyl (C=O) groups excluding carboxylic acids is 2. The first-order valence-electron chi connectivity index (χ1n) is 7.29. The number of carbonyl (C=O) groups is 2. The molecule has 1 aromatic heterocycles. The lowest BCUT2D eigenvalue weighted by Gasteiger charge is -2.06. The lowest BCUT2D eigenvalue weighted by Crippen LogP contribution is -2.30. The van der Waals surface area contributed by atoms with Gasteiger partial charge in [-0.1, -0.05) is 6.08 Å². The number of amides is 3. The summed E-state index contributed by atoms with van der Waals surface area (Å²) in [7, 11) is 0. The molecule has 25 heavy (non-hydrogen) atoms. The number of nitrogens with one attached hydrogen (secondary N) is 1. The molecule has 0 bridgehead atoms. The Morgan fingerprint density at radius 1 is 1.20 bits per heavy atom. The fourth-order valence-electron chi connectivity index (χ4n) is 2.34. The van der Waals surface area contributed by atoms with E-state index >= 15 is 0 Å². The van der Waals surface area contributed by atoms with E-state index in [1.807, 2.05) is 0 Å². The molecule has 2 heterocycles. The average molecular weight is 339 g/mol. The van der Waals surface area contributed by atoms with E-state index in [2.05, 4.69) is 11.9 Å². The van der Waals surface area contributed by atoms with Crippen LogP contribution < -0.4 is 5.32 Å². The van der Waals surface area contributed by atoms with Crippen molar-refractivity contribution in [2.24, 2.45) is 0 Å². The molecule has 1 fully saturated rings. The van der Waals surface area contributed by atoms with E-state index < -0.39 is 16.9 Å². The van der Waals surface area contributed by atoms with E-state index in [0.717, 1.165) is 4.90 Å². The van der Waals surface area contributed by atoms with Gasteiger partial charge in [-0.15, -0.1) is 6.58 Å². The summed E-state index contributed by atoms with van der Waals surface area (Å²) in [6.45, 7) is 3.62. The molecule has 0 spiro atoms. The molecule has 1 saturated heterocycles. The standard InChI is InChI=1S/C17H13N3O5/c1-2-9-19-16(21)14(18-17(19)22)10-13-7-8-15(25-13)11-3-5-12(6-4-11)20(23)24/h2-8,10H,1,9H2,(H,18,22)/b14-10-. The third kappa shape index (κ3) is 3.18. The van der Waals surface area contributed by atoms with Gasteiger partial charge in [0.2, 0.25) is 0 Å². The molecule has 1 aromatic carbocycles. The molecule has 8 nitrogen and oxygen atoms in total. The van der Waals surface area contributed by atoms with Crippen molar-refractivity contribution in [2.75, 3.05) is 6.54 Å². The van der Waals surface area contributed by atoms with E-state index in [1.54, 1.807) is 24.3 Å². The highest BCUT2D eigenvalue weighted by atomic mass is 16.6. The summed E-state index contributed by atoms with van der Waals surface area (Å²) >= 11 is 0. The predicted octanol–water partition coefficient (Wildman–Crippen LogP) is 2.93. The molecule has 0 aliphatic carbocycles. The molecule has 0 radical (unpaired) electrons. The molecular weight excluding hydrogens is 326 g/mol. The number of hydrogen-bond acceptors (Lipinski definition) is 5. The second kappa shape index (κ2) is 6.44. The van der Waals surface area contributed by atoms with Gasteiger partial charge < -0.3 is 9.73 Å². The van der Waals surface area contributed by atoms with Gasteiger partial charge in [0.05, 0.1) is 4.92 Å². The van der Waals surface area contributed by atoms with Crippen molar-refractivity contribution < 1.29 is 18.9 Å². The second-order valence-electron chi connectivity index (χ2n) is 5.20. The van der Waals surface area contributed by atoms with Crippen LogP contribution in [0.1, 0.15) is 5.76 Å². The fourth-order valence-corrected chi connectivity index (χ4v) is 2.34. The fraction of sp³-hybridized carbons (Fsp3) is 0.0588. The van der Waals surface area contributed by atoms with Crippen molar-refractivity contribution >= 4 is 23.7 Å². The summed E-state index contributed by atoms with van der Waals surface area (Å²) in [5.41, 5.74) is 0.751. The number of imide groups is 1. The van der Waals surface area contributed by atoms with Crippen LogP contribution in [0.25, 0.3) is 17.4 Å². The normalized spacial score (nSPS) is 15.5. The summed E-state index contributed by atoms with van der Waals surface area (Å²) in [4.78, 5) is 35.0. The van der Waals surface area contributed by atoms with Crippen LogP contribution in [0.5, 0.6) is 0 Å². The summed E-state index contributed by atoms with van der Waals surface area (Å²) in [6, 6.07) is 8.70. The first-order chi connectivity index (χ1) is 12.0. The highest BCUT2D eigenvalue weighted by Crippen LogP contribution is 2.26. The summed E-state index contributed by atoms with van der Waals surface area (Å²) < 4.78 is 5.62. The summed E-state index contributed by atoms with van der Waals surface area (Å²) in [6.07, 6.45) is 2.89. The number of nitrogens with zero attached hydrogens (tertiary/aromatic N) is 2. The number of nitro groups is 1. The Hall–Kier alpha value is -3.68. The Morgan fingerprint density at radius 2 is 1.92 bits per heavy atom. The number of benzene rings is 1. The highest BCUT2D eigenvalue weighted by Gasteiger charge is 2.32. The maximum absolute atomic E-state index is 12.1. The van der Waals surface area contributed by atoms with E-state index in [-0.39, 0.29) is 17.9 Å². The van der Waals surface area contributed by atoms with Crippen LogP contribution in [-0.2, 0) is 4.79 Å². The minimum Gasteiger partial charge on any atom is -0.457 e. The third-order valence-corrected chi connectivity index (χ3v) is 3.55. The van der Waals surface area contributed by atoms with Gasteiger partial charge in [-0.2, -0.15) is 0 Å². The Labute approximate surface area is 142 Å². The molecule has 8 heteroatoms. The molecule has 1 aliphatic heterocycles. The minimum absolute atomic E-state index is 0.0146. The SMILES string of the molecule is C=CCN1C(=O)N/C(=C\c2ccc(-c3ccc([N+](=O)[O-])cc3)o2)C1=O. The van der Waals surface area contributed by atoms with Gasteiger partial charge >= 0.3 is 6.03 Å². The number of urea groups is 1. The predicted molar refractivity (Wildman–Crippen MR) is 89.2 cm³/mol. The number of rotatable bonds is 5. The quantitative estimate of drug-likeness (QED) is 0.296. The van der Waals surface area contributed by atoms with Crippen LogP contribution in [-0.4, -0.2) is 28.3 Å². The van der Waals surface area contributed by atoms with Gasteiger partial charge in [-0.25, -0.2) is 4.79 Å². The van der Waals surface area contributed by atoms with Gasteiger partial charge in [-0.3, -0.25) is 19.8 Å². The van der Waals surface area contributed by atoms with E-state index in [0.29, 0.717) is 17.1 Å². The number of furan rings is 1. The maximum Gasteiger partial charge on any atom is 0.329 e. The van der Waals surface area contributed by atoms with Crippen LogP contribution in [0.2, 0.25) is 0 Å². The Morgan fingerprint density at radius 3 is 2.56 bits per heavy atom. The molecular formula is C17H13N3O5. The Kier molecular flexibility index (Phi) is 4.17. The molecule has 3 amide bonds. The third-order valence-electron chi connectivity index (χ3n) is 3.55. The van der Waals surface area contributed by atoms with Gasteiger partial charge in [0.1, 0.15) is 17.2 Å². The average Bonchev–Trinajstić information content (AvgIpc) is 3.16. The van der Waals surface area contributed by atoms with E-state index in [1.165, 1.54) is 24.3 Å². The zero-order valence-electron chi connectivity index (χ0n) is 13.0. The molecule has 2 aromatic rings. The molecule has 1 N–H and O–H groups in total. The zero-order valence-corrected chi connectivity index (χ0v) is 13.0. The molecule has 126 valence electrons. The number of hydrogen-bond donors (Lipinski definition) is 1. The van der Waals surface area contributed by atoms with Crippen molar-refractivity contribution in [1.29, 1.82) is 0 Å². The van der Waals surface area contributed by atoms with Gasteiger partial charge in [0, 0.05) is 30.3 Å². The monoisotopic (exact) mass is 339 g/mol. The van der Waals surface area contributed by atoms with Crippen LogP contribution in [0.15, 0.2) is 59.2 Å². The molecule has 0 unspecified atom stereocenters. The zero-order chi connectivity index (χ0) is 18.0. The first-order valence-corrected chi connectivity index (χ1v) is 7.29. The topological polar surface area (TPSA) is 106 Å². The van der Waals surface area contributed by atoms with Crippen molar-refractivity contribution in [1.82, 2.24) is 10.2 Å². The van der Waals surface area contributed by atoms with Crippen molar-refractivity contribution in [3.8, 4) is 11.3 Å². The first kappa shape index (κ1) is 16.2. The number of nitro benzene ring substituents is 1. The van der Waals surface area contributed by atoms with Gasteiger partial charge in [0.15, 0.2) is 0 Å². The molecule has 0 atom stereocenters. The molecule has 0 saturated carbocycles. The van der Waals surface area contributed by atoms with E-state index in [4.69, 9.17) is 4.42 Å². The molecule has 1 aliphatic rings. The van der Waals surface area contributed by atoms with Crippen molar-refractivity contribution in [2.45, 2.75) is 0 Å². The Bertz CT molecular complexity index is 895. The lowest BCUT2D eigenvalue weighted by atomic mass is 10.1. The van der Waals surface area contributed by atoms with Gasteiger partial charge in [0.25, 0.3) is 11.6 Å². The van der Waals surface area contributed by atoms with Crippen molar-refractivity contribution in [3.63, 3.8) is 0 Å². The summed E-state index contributed by atoms with van der Waals surface area (Å²) in [5.74, 6) is 0.400. The summed E-state index contributed by atoms with van der Waals surface area (Å²) in [5, 5.41) is 13.1. The smallest absolute Gasteiger partial charge is 0.329 e. The highest BCUT2D eigenvalue weighted by molar-refractivity contribution is 6.13. The second-order valence-corrected chi connectivity index (χ2v) is 5.20. The van der Waals surface area contributed by atoms with Gasteiger partial charge in [-0.05, 0) is 24.3 Å². The Balaban J connectivity index is 1.82. The van der Waals surface area contributed by atoms with Crippen LogP contribution >= 0.6 is 0 Å². The van der Waals surface area contributed by atoms with E-state index in [9.17, 15) is 19.7 Å². The largest absolute Gasteiger partial charge is 0.457 e. The van der Waals surface area contributed by atoms with Crippen LogP contribution in [0, 0.1) is 10.1 Å². The number of non-ortho nitro benzene ring substituents is 1. The molecule has 3 rings (SSSR count). The maximum atomic E-state index is 12.1. The minimum atomic E-state index is -0.515. The van der Waals surface area contributed by atoms with Crippen LogP contribution in [0.3, 0.4) is 0 Å². The van der Waals surface area contributed by atoms with Crippen LogP contribution in [0.4, 0.5) is 10.5 Å². The van der Waals surface area contributed by atoms with Crippen molar-refractivity contribution in [3.05, 3.63) is 70.6 Å². The lowest BCUT2D eigenvalue weighted by molar-refractivity contribution is -0.384.